The van der Waals surface area contributed by atoms with Gasteiger partial charge in [0.2, 0.25) is 0 Å². The number of rotatable bonds is 3. The molecule has 0 saturated heterocycles. The first-order valence-corrected chi connectivity index (χ1v) is 9.26. The van der Waals surface area contributed by atoms with E-state index in [4.69, 9.17) is 0 Å². The second-order valence-corrected chi connectivity index (χ2v) is 7.23. The molecule has 1 atom stereocenters. The molecule has 0 amide bonds. The van der Waals surface area contributed by atoms with Crippen molar-refractivity contribution in [2.75, 3.05) is 6.54 Å². The zero-order valence-electron chi connectivity index (χ0n) is 15.2. The average Bonchev–Trinajstić information content (AvgIpc) is 3.25. The summed E-state index contributed by atoms with van der Waals surface area (Å²) in [6, 6.07) is 15.3. The minimum Gasteiger partial charge on any atom is -0.357 e. The standard InChI is InChI=1S/C22H21FN4/c1-26-13-15(12-24-26)14-27-11-10-17-16-6-3-5-9-20(16)25-21(17)22(27)18-7-2-4-8-19(18)23/h2-9,12-13,22,25H,10-11,14H2,1H3/t22-/m0/s1. The predicted molar refractivity (Wildman–Crippen MR) is 104 cm³/mol. The fraction of sp³-hybridized carbons (Fsp3) is 0.227. The van der Waals surface area contributed by atoms with Gasteiger partial charge in [-0.05, 0) is 24.1 Å². The van der Waals surface area contributed by atoms with E-state index in [0.717, 1.165) is 36.3 Å². The average molecular weight is 360 g/mol. The van der Waals surface area contributed by atoms with E-state index in [1.807, 2.05) is 42.3 Å². The number of nitrogens with one attached hydrogen (secondary N) is 1. The van der Waals surface area contributed by atoms with E-state index < -0.39 is 0 Å². The van der Waals surface area contributed by atoms with Crippen LogP contribution in [0, 0.1) is 5.82 Å². The van der Waals surface area contributed by atoms with E-state index in [9.17, 15) is 4.39 Å². The highest BCUT2D eigenvalue weighted by Gasteiger charge is 2.33. The van der Waals surface area contributed by atoms with Gasteiger partial charge >= 0.3 is 0 Å². The molecule has 4 aromatic rings. The van der Waals surface area contributed by atoms with Gasteiger partial charge in [-0.15, -0.1) is 0 Å². The third kappa shape index (κ3) is 2.75. The van der Waals surface area contributed by atoms with Gasteiger partial charge < -0.3 is 4.98 Å². The van der Waals surface area contributed by atoms with Crippen LogP contribution in [-0.4, -0.2) is 26.2 Å². The van der Waals surface area contributed by atoms with E-state index in [0.29, 0.717) is 5.56 Å². The molecule has 0 bridgehead atoms. The molecule has 0 unspecified atom stereocenters. The van der Waals surface area contributed by atoms with Crippen LogP contribution in [0.1, 0.15) is 28.4 Å². The molecule has 0 radical (unpaired) electrons. The molecular formula is C22H21FN4. The first-order valence-electron chi connectivity index (χ1n) is 9.26. The second-order valence-electron chi connectivity index (χ2n) is 7.23. The van der Waals surface area contributed by atoms with Crippen LogP contribution in [0.4, 0.5) is 4.39 Å². The van der Waals surface area contributed by atoms with Gasteiger partial charge in [-0.25, -0.2) is 4.39 Å². The highest BCUT2D eigenvalue weighted by atomic mass is 19.1. The summed E-state index contributed by atoms with van der Waals surface area (Å²) in [6.07, 6.45) is 4.86. The summed E-state index contributed by atoms with van der Waals surface area (Å²) in [7, 11) is 1.92. The molecule has 0 aliphatic carbocycles. The number of hydrogen-bond acceptors (Lipinski definition) is 2. The number of benzene rings is 2. The molecule has 0 saturated carbocycles. The number of halogens is 1. The van der Waals surface area contributed by atoms with E-state index in [1.54, 1.807) is 12.1 Å². The van der Waals surface area contributed by atoms with Crippen molar-refractivity contribution in [1.82, 2.24) is 19.7 Å². The van der Waals surface area contributed by atoms with Crippen molar-refractivity contribution in [3.63, 3.8) is 0 Å². The Kier molecular flexibility index (Phi) is 3.83. The fourth-order valence-corrected chi connectivity index (χ4v) is 4.30. The highest BCUT2D eigenvalue weighted by Crippen LogP contribution is 2.39. The van der Waals surface area contributed by atoms with E-state index in [1.165, 1.54) is 10.9 Å². The second kappa shape index (κ2) is 6.35. The minimum atomic E-state index is -0.162. The number of hydrogen-bond donors (Lipinski definition) is 1. The summed E-state index contributed by atoms with van der Waals surface area (Å²) in [5.74, 6) is -0.162. The Bertz CT molecular complexity index is 1110. The number of para-hydroxylation sites is 1. The van der Waals surface area contributed by atoms with Gasteiger partial charge in [0.25, 0.3) is 0 Å². The summed E-state index contributed by atoms with van der Waals surface area (Å²) in [4.78, 5) is 5.92. The zero-order chi connectivity index (χ0) is 18.4. The Labute approximate surface area is 157 Å². The van der Waals surface area contributed by atoms with Crippen LogP contribution < -0.4 is 0 Å². The van der Waals surface area contributed by atoms with Crippen molar-refractivity contribution in [1.29, 1.82) is 0 Å². The Morgan fingerprint density at radius 2 is 1.96 bits per heavy atom. The van der Waals surface area contributed by atoms with Crippen molar-refractivity contribution < 1.29 is 4.39 Å². The van der Waals surface area contributed by atoms with Crippen molar-refractivity contribution in [2.24, 2.45) is 7.05 Å². The Hall–Kier alpha value is -2.92. The summed E-state index contributed by atoms with van der Waals surface area (Å²) in [5.41, 5.74) is 5.39. The number of H-pyrrole nitrogens is 1. The maximum atomic E-state index is 14.8. The first kappa shape index (κ1) is 16.3. The summed E-state index contributed by atoms with van der Waals surface area (Å²) in [5, 5.41) is 5.53. The lowest BCUT2D eigenvalue weighted by Crippen LogP contribution is -2.36. The normalized spacial score (nSPS) is 17.3. The van der Waals surface area contributed by atoms with Crippen LogP contribution in [0.2, 0.25) is 0 Å². The molecule has 3 heterocycles. The Balaban J connectivity index is 1.65. The quantitative estimate of drug-likeness (QED) is 0.595. The molecule has 5 rings (SSSR count). The first-order chi connectivity index (χ1) is 13.2. The maximum absolute atomic E-state index is 14.8. The molecule has 0 spiro atoms. The lowest BCUT2D eigenvalue weighted by atomic mass is 9.92. The lowest BCUT2D eigenvalue weighted by Gasteiger charge is -2.36. The zero-order valence-corrected chi connectivity index (χ0v) is 15.2. The SMILES string of the molecule is Cn1cc(CN2CCc3c([nH]c4ccccc34)[C@@H]2c2ccccc2F)cn1. The van der Waals surface area contributed by atoms with Crippen LogP contribution in [0.5, 0.6) is 0 Å². The molecule has 5 heteroatoms. The van der Waals surface area contributed by atoms with Crippen LogP contribution in [0.3, 0.4) is 0 Å². The van der Waals surface area contributed by atoms with Crippen molar-refractivity contribution in [2.45, 2.75) is 19.0 Å². The van der Waals surface area contributed by atoms with Crippen LogP contribution in [0.15, 0.2) is 60.9 Å². The largest absolute Gasteiger partial charge is 0.357 e. The van der Waals surface area contributed by atoms with Gasteiger partial charge in [0.1, 0.15) is 5.82 Å². The molecule has 1 aliphatic heterocycles. The van der Waals surface area contributed by atoms with Gasteiger partial charge in [0.15, 0.2) is 0 Å². The Morgan fingerprint density at radius 1 is 1.15 bits per heavy atom. The van der Waals surface area contributed by atoms with Gasteiger partial charge in [0.05, 0.1) is 12.2 Å². The molecule has 1 N–H and O–H groups in total. The predicted octanol–water partition coefficient (Wildman–Crippen LogP) is 4.19. The monoisotopic (exact) mass is 360 g/mol. The molecule has 27 heavy (non-hydrogen) atoms. The minimum absolute atomic E-state index is 0.137. The number of aryl methyl sites for hydroxylation is 1. The van der Waals surface area contributed by atoms with Crippen LogP contribution >= 0.6 is 0 Å². The third-order valence-corrected chi connectivity index (χ3v) is 5.48. The maximum Gasteiger partial charge on any atom is 0.128 e. The highest BCUT2D eigenvalue weighted by molar-refractivity contribution is 5.85. The third-order valence-electron chi connectivity index (χ3n) is 5.48. The summed E-state index contributed by atoms with van der Waals surface area (Å²) < 4.78 is 16.6. The van der Waals surface area contributed by atoms with E-state index in [-0.39, 0.29) is 11.9 Å². The van der Waals surface area contributed by atoms with Crippen molar-refractivity contribution >= 4 is 10.9 Å². The van der Waals surface area contributed by atoms with Gasteiger partial charge in [-0.3, -0.25) is 9.58 Å². The van der Waals surface area contributed by atoms with Crippen molar-refractivity contribution in [3.05, 3.63) is 89.1 Å². The van der Waals surface area contributed by atoms with E-state index in [2.05, 4.69) is 33.2 Å². The molecule has 136 valence electrons. The Morgan fingerprint density at radius 3 is 2.78 bits per heavy atom. The van der Waals surface area contributed by atoms with Crippen LogP contribution in [-0.2, 0) is 20.0 Å². The van der Waals surface area contributed by atoms with E-state index >= 15 is 0 Å². The molecule has 4 nitrogen and oxygen atoms in total. The van der Waals surface area contributed by atoms with Crippen molar-refractivity contribution in [3.8, 4) is 0 Å². The van der Waals surface area contributed by atoms with Gasteiger partial charge in [-0.1, -0.05) is 36.4 Å². The molecule has 1 aliphatic rings. The summed E-state index contributed by atoms with van der Waals surface area (Å²) >= 11 is 0. The molecular weight excluding hydrogens is 339 g/mol. The number of aromatic amines is 1. The number of nitrogens with zero attached hydrogens (tertiary/aromatic N) is 3. The lowest BCUT2D eigenvalue weighted by molar-refractivity contribution is 0.198. The smallest absolute Gasteiger partial charge is 0.128 e. The molecule has 2 aromatic heterocycles. The van der Waals surface area contributed by atoms with Gasteiger partial charge in [0, 0.05) is 54.1 Å². The summed E-state index contributed by atoms with van der Waals surface area (Å²) in [6.45, 7) is 1.62. The molecule has 2 aromatic carbocycles. The number of fused-ring (bicyclic) bond motifs is 3. The van der Waals surface area contributed by atoms with Crippen LogP contribution in [0.25, 0.3) is 10.9 Å². The topological polar surface area (TPSA) is 36.9 Å². The molecule has 0 fully saturated rings. The fourth-order valence-electron chi connectivity index (χ4n) is 4.30. The van der Waals surface area contributed by atoms with Gasteiger partial charge in [-0.2, -0.15) is 5.10 Å². The number of aromatic nitrogens is 3.